The molecule has 1 N–H and O–H groups in total. The Kier molecular flexibility index (Phi) is 3.36. The molecule has 1 aromatic heterocycles. The minimum atomic E-state index is 0.0903. The Morgan fingerprint density at radius 3 is 2.82 bits per heavy atom. The summed E-state index contributed by atoms with van der Waals surface area (Å²) >= 11 is 0. The van der Waals surface area contributed by atoms with Crippen LogP contribution in [0.2, 0.25) is 0 Å². The summed E-state index contributed by atoms with van der Waals surface area (Å²) in [6.45, 7) is 5.89. The topological polar surface area (TPSA) is 50.2 Å². The van der Waals surface area contributed by atoms with Crippen LogP contribution < -0.4 is 10.2 Å². The van der Waals surface area contributed by atoms with Crippen LogP contribution in [-0.2, 0) is 18.3 Å². The van der Waals surface area contributed by atoms with Crippen molar-refractivity contribution in [1.82, 2.24) is 9.78 Å². The van der Waals surface area contributed by atoms with Gasteiger partial charge in [-0.05, 0) is 13.3 Å². The summed E-state index contributed by atoms with van der Waals surface area (Å²) in [5.41, 5.74) is 1.91. The normalized spacial score (nSPS) is 15.5. The predicted octanol–water partition coefficient (Wildman–Crippen LogP) is 1.54. The summed E-state index contributed by atoms with van der Waals surface area (Å²) in [7, 11) is 1.94. The average Bonchev–Trinajstić information content (AvgIpc) is 2.49. The number of nitrogens with one attached hydrogen (secondary N) is 1. The molecule has 94 valence electrons. The van der Waals surface area contributed by atoms with Crippen molar-refractivity contribution in [3.05, 3.63) is 5.69 Å². The highest BCUT2D eigenvalue weighted by atomic mass is 16.1. The van der Waals surface area contributed by atoms with Crippen LogP contribution in [0, 0.1) is 0 Å². The van der Waals surface area contributed by atoms with Crippen LogP contribution in [0.15, 0.2) is 0 Å². The monoisotopic (exact) mass is 236 g/mol. The van der Waals surface area contributed by atoms with Crippen molar-refractivity contribution in [2.75, 3.05) is 23.3 Å². The van der Waals surface area contributed by atoms with E-state index in [9.17, 15) is 4.79 Å². The highest BCUT2D eigenvalue weighted by Crippen LogP contribution is 2.32. The molecule has 0 radical (unpaired) electrons. The second kappa shape index (κ2) is 4.77. The fourth-order valence-electron chi connectivity index (χ4n) is 2.32. The van der Waals surface area contributed by atoms with E-state index in [2.05, 4.69) is 29.2 Å². The Morgan fingerprint density at radius 2 is 2.18 bits per heavy atom. The van der Waals surface area contributed by atoms with E-state index in [-0.39, 0.29) is 5.91 Å². The van der Waals surface area contributed by atoms with Gasteiger partial charge in [-0.25, -0.2) is 0 Å². The van der Waals surface area contributed by atoms with E-state index in [4.69, 9.17) is 0 Å². The summed E-state index contributed by atoms with van der Waals surface area (Å²) in [5, 5.41) is 7.51. The molecule has 0 saturated heterocycles. The third-order valence-corrected chi connectivity index (χ3v) is 3.13. The lowest BCUT2D eigenvalue weighted by Gasteiger charge is -2.20. The van der Waals surface area contributed by atoms with Crippen LogP contribution in [-0.4, -0.2) is 28.8 Å². The zero-order valence-corrected chi connectivity index (χ0v) is 10.8. The van der Waals surface area contributed by atoms with E-state index in [0.717, 1.165) is 43.1 Å². The fraction of sp³-hybridized carbons (Fsp3) is 0.667. The maximum atomic E-state index is 11.7. The van der Waals surface area contributed by atoms with Crippen LogP contribution in [0.3, 0.4) is 0 Å². The summed E-state index contributed by atoms with van der Waals surface area (Å²) in [6, 6.07) is 0. The third-order valence-electron chi connectivity index (χ3n) is 3.13. The first-order valence-corrected chi connectivity index (χ1v) is 6.28. The Morgan fingerprint density at radius 1 is 1.41 bits per heavy atom. The molecule has 0 atom stereocenters. The molecule has 1 aliphatic heterocycles. The number of anilines is 2. The highest BCUT2D eigenvalue weighted by molar-refractivity contribution is 5.96. The first-order chi connectivity index (χ1) is 8.17. The fourth-order valence-corrected chi connectivity index (χ4v) is 2.32. The molecule has 1 aliphatic rings. The van der Waals surface area contributed by atoms with E-state index >= 15 is 0 Å². The Bertz CT molecular complexity index is 424. The molecule has 1 aromatic rings. The van der Waals surface area contributed by atoms with Gasteiger partial charge < -0.3 is 10.2 Å². The number of amides is 1. The number of fused-ring (bicyclic) bond motifs is 1. The van der Waals surface area contributed by atoms with Crippen molar-refractivity contribution in [3.8, 4) is 0 Å². The minimum absolute atomic E-state index is 0.0903. The maximum Gasteiger partial charge on any atom is 0.226 e. The van der Waals surface area contributed by atoms with Gasteiger partial charge in [-0.1, -0.05) is 13.3 Å². The number of carbonyl (C=O) groups excluding carboxylic acids is 1. The zero-order valence-electron chi connectivity index (χ0n) is 10.8. The van der Waals surface area contributed by atoms with Gasteiger partial charge in [0.1, 0.15) is 5.69 Å². The lowest BCUT2D eigenvalue weighted by Crippen LogP contribution is -2.26. The molecule has 0 fully saturated rings. The van der Waals surface area contributed by atoms with Gasteiger partial charge in [0, 0.05) is 26.6 Å². The van der Waals surface area contributed by atoms with Crippen LogP contribution in [0.1, 0.15) is 32.4 Å². The second-order valence-electron chi connectivity index (χ2n) is 4.40. The van der Waals surface area contributed by atoms with E-state index in [1.165, 1.54) is 0 Å². The number of aromatic nitrogens is 2. The number of rotatable bonds is 3. The number of hydrogen-bond donors (Lipinski definition) is 1. The quantitative estimate of drug-likeness (QED) is 0.866. The molecule has 0 saturated carbocycles. The van der Waals surface area contributed by atoms with Crippen molar-refractivity contribution >= 4 is 17.4 Å². The second-order valence-corrected chi connectivity index (χ2v) is 4.40. The molecule has 0 bridgehead atoms. The predicted molar refractivity (Wildman–Crippen MR) is 68.3 cm³/mol. The minimum Gasteiger partial charge on any atom is -0.355 e. The molecule has 0 unspecified atom stereocenters. The Hall–Kier alpha value is -1.52. The Labute approximate surface area is 102 Å². The first kappa shape index (κ1) is 12.0. The van der Waals surface area contributed by atoms with Gasteiger partial charge in [0.15, 0.2) is 5.82 Å². The lowest BCUT2D eigenvalue weighted by atomic mass is 10.2. The molecule has 2 heterocycles. The standard InChI is InChI=1S/C12H20N4O/c1-4-6-9-11-12(15(3)14-9)16(5-2)8-7-10(17)13-11/h4-8H2,1-3H3,(H,13,17). The third kappa shape index (κ3) is 2.14. The van der Waals surface area contributed by atoms with Gasteiger partial charge in [0.25, 0.3) is 0 Å². The summed E-state index contributed by atoms with van der Waals surface area (Å²) in [6.07, 6.45) is 2.49. The zero-order chi connectivity index (χ0) is 12.4. The van der Waals surface area contributed by atoms with E-state index in [1.807, 2.05) is 11.7 Å². The number of carbonyl (C=O) groups is 1. The number of hydrogen-bond acceptors (Lipinski definition) is 3. The number of nitrogens with zero attached hydrogens (tertiary/aromatic N) is 3. The molecule has 1 amide bonds. The SMILES string of the molecule is CCCc1nn(C)c2c1NC(=O)CCN2CC. The van der Waals surface area contributed by atoms with E-state index in [0.29, 0.717) is 6.42 Å². The van der Waals surface area contributed by atoms with Crippen LogP contribution in [0.4, 0.5) is 11.5 Å². The smallest absolute Gasteiger partial charge is 0.226 e. The van der Waals surface area contributed by atoms with Crippen molar-refractivity contribution in [2.24, 2.45) is 7.05 Å². The van der Waals surface area contributed by atoms with Gasteiger partial charge >= 0.3 is 0 Å². The Balaban J connectivity index is 2.46. The van der Waals surface area contributed by atoms with Gasteiger partial charge in [0.2, 0.25) is 5.91 Å². The van der Waals surface area contributed by atoms with Crippen molar-refractivity contribution in [3.63, 3.8) is 0 Å². The molecule has 0 aliphatic carbocycles. The first-order valence-electron chi connectivity index (χ1n) is 6.28. The van der Waals surface area contributed by atoms with Crippen LogP contribution in [0.5, 0.6) is 0 Å². The lowest BCUT2D eigenvalue weighted by molar-refractivity contribution is -0.115. The molecule has 2 rings (SSSR count). The van der Waals surface area contributed by atoms with E-state index in [1.54, 1.807) is 0 Å². The van der Waals surface area contributed by atoms with Crippen molar-refractivity contribution in [2.45, 2.75) is 33.1 Å². The van der Waals surface area contributed by atoms with Crippen molar-refractivity contribution in [1.29, 1.82) is 0 Å². The van der Waals surface area contributed by atoms with Gasteiger partial charge in [-0.15, -0.1) is 0 Å². The molecule has 0 spiro atoms. The van der Waals surface area contributed by atoms with Gasteiger partial charge in [-0.2, -0.15) is 5.10 Å². The highest BCUT2D eigenvalue weighted by Gasteiger charge is 2.25. The molecular formula is C12H20N4O. The largest absolute Gasteiger partial charge is 0.355 e. The molecular weight excluding hydrogens is 216 g/mol. The van der Waals surface area contributed by atoms with Crippen LogP contribution in [0.25, 0.3) is 0 Å². The van der Waals surface area contributed by atoms with Crippen molar-refractivity contribution < 1.29 is 4.79 Å². The maximum absolute atomic E-state index is 11.7. The molecule has 5 nitrogen and oxygen atoms in total. The average molecular weight is 236 g/mol. The van der Waals surface area contributed by atoms with Gasteiger partial charge in [-0.3, -0.25) is 9.48 Å². The van der Waals surface area contributed by atoms with Crippen LogP contribution >= 0.6 is 0 Å². The molecule has 17 heavy (non-hydrogen) atoms. The molecule has 0 aromatic carbocycles. The molecule has 5 heteroatoms. The summed E-state index contributed by atoms with van der Waals surface area (Å²) in [5.74, 6) is 1.13. The number of aryl methyl sites for hydroxylation is 2. The van der Waals surface area contributed by atoms with Gasteiger partial charge in [0.05, 0.1) is 5.69 Å². The summed E-state index contributed by atoms with van der Waals surface area (Å²) in [4.78, 5) is 13.9. The van der Waals surface area contributed by atoms with E-state index < -0.39 is 0 Å². The summed E-state index contributed by atoms with van der Waals surface area (Å²) < 4.78 is 1.88.